The molecule has 0 saturated heterocycles. The van der Waals surface area contributed by atoms with Crippen LogP contribution in [0.3, 0.4) is 0 Å². The Labute approximate surface area is 104 Å². The van der Waals surface area contributed by atoms with Crippen molar-refractivity contribution in [2.24, 2.45) is 0 Å². The predicted molar refractivity (Wildman–Crippen MR) is 58.0 cm³/mol. The number of hydrogen-bond acceptors (Lipinski definition) is 4. The maximum atomic E-state index is 12.2. The maximum absolute atomic E-state index is 12.2. The third kappa shape index (κ3) is 3.61. The van der Waals surface area contributed by atoms with Crippen molar-refractivity contribution in [1.29, 1.82) is 0 Å². The Kier molecular flexibility index (Phi) is 3.51. The van der Waals surface area contributed by atoms with Gasteiger partial charge in [-0.3, -0.25) is 0 Å². The molecule has 1 heterocycles. The van der Waals surface area contributed by atoms with Crippen LogP contribution in [-0.2, 0) is 19.0 Å². The van der Waals surface area contributed by atoms with Crippen molar-refractivity contribution < 1.29 is 30.5 Å². The van der Waals surface area contributed by atoms with E-state index in [4.69, 9.17) is 4.74 Å². The summed E-state index contributed by atoms with van der Waals surface area (Å²) in [5.41, 5.74) is -7.12. The summed E-state index contributed by atoms with van der Waals surface area (Å²) in [6.07, 6.45) is 1.19. The Morgan fingerprint density at radius 3 is 2.17 bits per heavy atom. The molecule has 0 N–H and O–H groups in total. The van der Waals surface area contributed by atoms with E-state index in [1.54, 1.807) is 27.7 Å². The Balaban J connectivity index is 3.02. The van der Waals surface area contributed by atoms with Crippen LogP contribution in [0.4, 0.5) is 13.2 Å². The Morgan fingerprint density at radius 1 is 1.28 bits per heavy atom. The zero-order valence-electron chi connectivity index (χ0n) is 10.5. The summed E-state index contributed by atoms with van der Waals surface area (Å²) < 4.78 is 68.1. The molecular weight excluding hydrogens is 273 g/mol. The van der Waals surface area contributed by atoms with E-state index < -0.39 is 26.8 Å². The van der Waals surface area contributed by atoms with Gasteiger partial charge in [0.15, 0.2) is 0 Å². The molecule has 1 rings (SSSR count). The van der Waals surface area contributed by atoms with E-state index in [-0.39, 0.29) is 12.2 Å². The molecule has 1 aliphatic heterocycles. The van der Waals surface area contributed by atoms with Crippen molar-refractivity contribution in [3.8, 4) is 0 Å². The monoisotopic (exact) mass is 288 g/mol. The van der Waals surface area contributed by atoms with Crippen LogP contribution in [0.2, 0.25) is 0 Å². The van der Waals surface area contributed by atoms with E-state index in [1.807, 2.05) is 0 Å². The first kappa shape index (κ1) is 15.3. The zero-order valence-corrected chi connectivity index (χ0v) is 11.3. The Morgan fingerprint density at radius 2 is 1.78 bits per heavy atom. The van der Waals surface area contributed by atoms with Crippen molar-refractivity contribution in [1.82, 2.24) is 0 Å². The van der Waals surface area contributed by atoms with Crippen LogP contribution in [0.1, 0.15) is 34.1 Å². The van der Waals surface area contributed by atoms with Crippen molar-refractivity contribution in [2.45, 2.75) is 50.8 Å². The summed E-state index contributed by atoms with van der Waals surface area (Å²) in [5.74, 6) is -0.256. The lowest BCUT2D eigenvalue weighted by molar-refractivity contribution is -0.113. The van der Waals surface area contributed by atoms with Crippen LogP contribution in [-0.4, -0.2) is 25.1 Å². The summed E-state index contributed by atoms with van der Waals surface area (Å²) >= 11 is 0. The molecule has 0 fully saturated rings. The van der Waals surface area contributed by atoms with E-state index >= 15 is 0 Å². The average Bonchev–Trinajstić information content (AvgIpc) is 1.92. The van der Waals surface area contributed by atoms with Gasteiger partial charge < -0.3 is 8.92 Å². The van der Waals surface area contributed by atoms with Crippen molar-refractivity contribution in [3.05, 3.63) is 11.8 Å². The molecule has 0 atom stereocenters. The molecule has 106 valence electrons. The van der Waals surface area contributed by atoms with Gasteiger partial charge in [0, 0.05) is 6.42 Å². The van der Waals surface area contributed by atoms with Crippen LogP contribution in [0.15, 0.2) is 11.8 Å². The number of hydrogen-bond donors (Lipinski definition) is 0. The van der Waals surface area contributed by atoms with Crippen LogP contribution in [0, 0.1) is 0 Å². The van der Waals surface area contributed by atoms with Crippen molar-refractivity contribution >= 4 is 10.1 Å². The number of alkyl halides is 3. The molecular formula is C10H15F3O4S. The van der Waals surface area contributed by atoms with E-state index in [0.717, 1.165) is 0 Å². The molecule has 0 aromatic rings. The first-order valence-corrected chi connectivity index (χ1v) is 6.58. The molecule has 8 heteroatoms. The lowest BCUT2D eigenvalue weighted by Gasteiger charge is -2.39. The fourth-order valence-electron chi connectivity index (χ4n) is 1.88. The summed E-state index contributed by atoms with van der Waals surface area (Å²) in [6.45, 7) is 6.51. The molecule has 0 bridgehead atoms. The number of ether oxygens (including phenoxy) is 1. The first-order chi connectivity index (χ1) is 7.74. The van der Waals surface area contributed by atoms with Gasteiger partial charge in [0.2, 0.25) is 0 Å². The second kappa shape index (κ2) is 4.12. The van der Waals surface area contributed by atoms with Gasteiger partial charge in [0.25, 0.3) is 0 Å². The van der Waals surface area contributed by atoms with Gasteiger partial charge in [0.1, 0.15) is 5.76 Å². The lowest BCUT2D eigenvalue weighted by atomic mass is 9.94. The third-order valence-corrected chi connectivity index (χ3v) is 3.15. The third-order valence-electron chi connectivity index (χ3n) is 2.15. The van der Waals surface area contributed by atoms with Gasteiger partial charge >= 0.3 is 15.6 Å². The molecule has 0 amide bonds. The molecule has 0 aliphatic carbocycles. The molecule has 0 radical (unpaired) electrons. The van der Waals surface area contributed by atoms with Crippen LogP contribution in [0.5, 0.6) is 0 Å². The molecule has 4 nitrogen and oxygen atoms in total. The molecule has 0 aromatic carbocycles. The molecule has 1 aliphatic rings. The smallest absolute Gasteiger partial charge is 0.381 e. The summed E-state index contributed by atoms with van der Waals surface area (Å²) in [6, 6.07) is 0. The molecule has 18 heavy (non-hydrogen) atoms. The van der Waals surface area contributed by atoms with E-state index in [2.05, 4.69) is 4.18 Å². The molecule has 0 spiro atoms. The van der Waals surface area contributed by atoms with E-state index in [1.165, 1.54) is 6.08 Å². The van der Waals surface area contributed by atoms with Gasteiger partial charge in [-0.2, -0.15) is 21.6 Å². The minimum absolute atomic E-state index is 0.0499. The van der Waals surface area contributed by atoms with Crippen LogP contribution < -0.4 is 0 Å². The molecule has 0 aromatic heterocycles. The van der Waals surface area contributed by atoms with Gasteiger partial charge in [0.05, 0.1) is 11.2 Å². The highest BCUT2D eigenvalue weighted by Gasteiger charge is 2.49. The van der Waals surface area contributed by atoms with Crippen molar-refractivity contribution in [2.75, 3.05) is 0 Å². The normalized spacial score (nSPS) is 23.4. The average molecular weight is 288 g/mol. The number of rotatable bonds is 2. The van der Waals surface area contributed by atoms with E-state index in [0.29, 0.717) is 0 Å². The van der Waals surface area contributed by atoms with Gasteiger partial charge in [-0.15, -0.1) is 0 Å². The predicted octanol–water partition coefficient (Wildman–Crippen LogP) is 2.71. The van der Waals surface area contributed by atoms with E-state index in [9.17, 15) is 21.6 Å². The van der Waals surface area contributed by atoms with Gasteiger partial charge in [-0.1, -0.05) is 0 Å². The quantitative estimate of drug-likeness (QED) is 0.579. The standard InChI is InChI=1S/C10H15F3O4S/c1-8(2)5-7(6-9(3,4)17-8)16-18(14,15)10(11,12)13/h5H,6H2,1-4H3. The highest BCUT2D eigenvalue weighted by molar-refractivity contribution is 7.87. The lowest BCUT2D eigenvalue weighted by Crippen LogP contribution is -2.41. The highest BCUT2D eigenvalue weighted by Crippen LogP contribution is 2.36. The van der Waals surface area contributed by atoms with Crippen molar-refractivity contribution in [3.63, 3.8) is 0 Å². The topological polar surface area (TPSA) is 52.6 Å². The Bertz CT molecular complexity index is 460. The summed E-state index contributed by atoms with van der Waals surface area (Å²) in [4.78, 5) is 0. The molecule has 0 unspecified atom stereocenters. The minimum atomic E-state index is -5.62. The maximum Gasteiger partial charge on any atom is 0.534 e. The molecule has 0 saturated carbocycles. The fraction of sp³-hybridized carbons (Fsp3) is 0.800. The zero-order chi connectivity index (χ0) is 14.4. The first-order valence-electron chi connectivity index (χ1n) is 5.17. The fourth-order valence-corrected chi connectivity index (χ4v) is 2.36. The largest absolute Gasteiger partial charge is 0.534 e. The second-order valence-electron chi connectivity index (χ2n) is 5.24. The Hall–Kier alpha value is -0.760. The van der Waals surface area contributed by atoms with Crippen LogP contribution >= 0.6 is 0 Å². The SMILES string of the molecule is CC1(C)C=C(OS(=O)(=O)C(F)(F)F)CC(C)(C)O1. The van der Waals surface area contributed by atoms with Crippen LogP contribution in [0.25, 0.3) is 0 Å². The highest BCUT2D eigenvalue weighted by atomic mass is 32.2. The number of halogens is 3. The summed E-state index contributed by atoms with van der Waals surface area (Å²) in [7, 11) is -5.62. The summed E-state index contributed by atoms with van der Waals surface area (Å²) in [5, 5.41) is 0. The van der Waals surface area contributed by atoms with Gasteiger partial charge in [-0.25, -0.2) is 0 Å². The van der Waals surface area contributed by atoms with Gasteiger partial charge in [-0.05, 0) is 33.8 Å². The minimum Gasteiger partial charge on any atom is -0.381 e. The second-order valence-corrected chi connectivity index (χ2v) is 6.77.